The Morgan fingerprint density at radius 3 is 2.25 bits per heavy atom. The van der Waals surface area contributed by atoms with Crippen molar-refractivity contribution in [1.82, 2.24) is 9.80 Å². The Hall–Kier alpha value is -3.60. The van der Waals surface area contributed by atoms with Crippen LogP contribution in [0.5, 0.6) is 0 Å². The number of rotatable bonds is 11. The molecule has 1 aromatic heterocycles. The summed E-state index contributed by atoms with van der Waals surface area (Å²) >= 11 is 0. The molecule has 0 radical (unpaired) electrons. The number of furan rings is 1. The molecular weight excluding hydrogens is 400 g/mol. The van der Waals surface area contributed by atoms with Crippen molar-refractivity contribution < 1.29 is 14.0 Å². The van der Waals surface area contributed by atoms with Crippen molar-refractivity contribution in [3.63, 3.8) is 0 Å². The summed E-state index contributed by atoms with van der Waals surface area (Å²) in [5.41, 5.74) is 2.11. The van der Waals surface area contributed by atoms with Crippen molar-refractivity contribution >= 4 is 17.9 Å². The van der Waals surface area contributed by atoms with Gasteiger partial charge in [0.05, 0.1) is 12.8 Å². The number of hydrogen-bond donors (Lipinski definition) is 0. The fourth-order valence-electron chi connectivity index (χ4n) is 3.43. The van der Waals surface area contributed by atoms with Gasteiger partial charge in [-0.05, 0) is 42.2 Å². The van der Waals surface area contributed by atoms with E-state index in [4.69, 9.17) is 4.42 Å². The zero-order valence-electron chi connectivity index (χ0n) is 18.5. The lowest BCUT2D eigenvalue weighted by molar-refractivity contribution is -0.138. The molecule has 0 N–H and O–H groups in total. The van der Waals surface area contributed by atoms with Gasteiger partial charge in [-0.15, -0.1) is 0 Å². The Bertz CT molecular complexity index is 982. The third-order valence-corrected chi connectivity index (χ3v) is 5.14. The lowest BCUT2D eigenvalue weighted by Gasteiger charge is -2.26. The number of nitrogens with zero attached hydrogens (tertiary/aromatic N) is 2. The number of hydrogen-bond acceptors (Lipinski definition) is 3. The molecule has 0 atom stereocenters. The molecular formula is C27H30N2O3. The van der Waals surface area contributed by atoms with E-state index in [1.165, 1.54) is 0 Å². The molecule has 0 spiro atoms. The Morgan fingerprint density at radius 2 is 1.59 bits per heavy atom. The first-order chi connectivity index (χ1) is 15.7. The van der Waals surface area contributed by atoms with Gasteiger partial charge in [0.25, 0.3) is 0 Å². The number of amides is 2. The lowest BCUT2D eigenvalue weighted by Crippen LogP contribution is -2.43. The van der Waals surface area contributed by atoms with E-state index in [0.29, 0.717) is 19.6 Å². The first-order valence-electron chi connectivity index (χ1n) is 11.0. The first-order valence-corrected chi connectivity index (χ1v) is 11.0. The van der Waals surface area contributed by atoms with Crippen LogP contribution in [0.15, 0.2) is 89.6 Å². The molecule has 0 bridgehead atoms. The Morgan fingerprint density at radius 1 is 0.875 bits per heavy atom. The van der Waals surface area contributed by atoms with Crippen LogP contribution in [0.25, 0.3) is 6.08 Å². The highest BCUT2D eigenvalue weighted by molar-refractivity contribution is 5.94. The van der Waals surface area contributed by atoms with Gasteiger partial charge < -0.3 is 14.2 Å². The summed E-state index contributed by atoms with van der Waals surface area (Å²) in [7, 11) is 0. The minimum atomic E-state index is -0.162. The topological polar surface area (TPSA) is 53.8 Å². The smallest absolute Gasteiger partial charge is 0.247 e. The van der Waals surface area contributed by atoms with E-state index < -0.39 is 0 Å². The van der Waals surface area contributed by atoms with Gasteiger partial charge in [-0.1, -0.05) is 67.6 Å². The van der Waals surface area contributed by atoms with Crippen LogP contribution in [0.2, 0.25) is 0 Å². The highest BCUT2D eigenvalue weighted by Gasteiger charge is 2.20. The molecule has 0 saturated carbocycles. The first kappa shape index (κ1) is 23.1. The number of benzene rings is 2. The van der Waals surface area contributed by atoms with Gasteiger partial charge in [0, 0.05) is 19.2 Å². The Kier molecular flexibility index (Phi) is 8.87. The summed E-state index contributed by atoms with van der Waals surface area (Å²) in [4.78, 5) is 29.4. The molecule has 3 rings (SSSR count). The molecule has 5 nitrogen and oxygen atoms in total. The Balaban J connectivity index is 1.67. The SMILES string of the molecule is CCCN(CC(=O)N(CCc1ccccc1)Cc1ccco1)C(=O)C=Cc1ccccc1. The summed E-state index contributed by atoms with van der Waals surface area (Å²) in [6.07, 6.45) is 6.45. The van der Waals surface area contributed by atoms with Gasteiger partial charge in [0.2, 0.25) is 11.8 Å². The molecule has 32 heavy (non-hydrogen) atoms. The maximum absolute atomic E-state index is 13.2. The predicted molar refractivity (Wildman–Crippen MR) is 127 cm³/mol. The van der Waals surface area contributed by atoms with Crippen LogP contribution >= 0.6 is 0 Å². The molecule has 2 aromatic carbocycles. The van der Waals surface area contributed by atoms with Gasteiger partial charge in [-0.2, -0.15) is 0 Å². The van der Waals surface area contributed by atoms with E-state index >= 15 is 0 Å². The van der Waals surface area contributed by atoms with Crippen LogP contribution < -0.4 is 0 Å². The van der Waals surface area contributed by atoms with Gasteiger partial charge in [0.1, 0.15) is 12.3 Å². The quantitative estimate of drug-likeness (QED) is 0.411. The van der Waals surface area contributed by atoms with Crippen molar-refractivity contribution in [2.75, 3.05) is 19.6 Å². The summed E-state index contributed by atoms with van der Waals surface area (Å²) in [6.45, 7) is 3.50. The van der Waals surface area contributed by atoms with E-state index in [-0.39, 0.29) is 18.4 Å². The van der Waals surface area contributed by atoms with Crippen molar-refractivity contribution in [2.45, 2.75) is 26.3 Å². The van der Waals surface area contributed by atoms with Crippen LogP contribution in [-0.2, 0) is 22.6 Å². The number of carbonyl (C=O) groups is 2. The molecule has 2 amide bonds. The van der Waals surface area contributed by atoms with E-state index in [1.807, 2.05) is 67.6 Å². The summed E-state index contributed by atoms with van der Waals surface area (Å²) in [5, 5.41) is 0. The van der Waals surface area contributed by atoms with Gasteiger partial charge in [0.15, 0.2) is 0 Å². The zero-order chi connectivity index (χ0) is 22.6. The van der Waals surface area contributed by atoms with Crippen LogP contribution in [0, 0.1) is 0 Å². The van der Waals surface area contributed by atoms with Crippen molar-refractivity contribution in [2.24, 2.45) is 0 Å². The highest BCUT2D eigenvalue weighted by Crippen LogP contribution is 2.10. The second kappa shape index (κ2) is 12.3. The van der Waals surface area contributed by atoms with E-state index in [9.17, 15) is 9.59 Å². The average Bonchev–Trinajstić information content (AvgIpc) is 3.34. The largest absolute Gasteiger partial charge is 0.467 e. The molecule has 5 heteroatoms. The molecule has 166 valence electrons. The minimum absolute atomic E-state index is 0.0430. The molecule has 0 unspecified atom stereocenters. The van der Waals surface area contributed by atoms with Crippen molar-refractivity contribution in [3.05, 3.63) is 102 Å². The summed E-state index contributed by atoms with van der Waals surface area (Å²) in [5.74, 6) is 0.473. The summed E-state index contributed by atoms with van der Waals surface area (Å²) < 4.78 is 5.47. The molecule has 3 aromatic rings. The predicted octanol–water partition coefficient (Wildman–Crippen LogP) is 4.80. The van der Waals surface area contributed by atoms with Crippen LogP contribution in [-0.4, -0.2) is 41.2 Å². The third-order valence-electron chi connectivity index (χ3n) is 5.14. The second-order valence-corrected chi connectivity index (χ2v) is 7.63. The fourth-order valence-corrected chi connectivity index (χ4v) is 3.43. The molecule has 0 aliphatic heterocycles. The van der Waals surface area contributed by atoms with Crippen LogP contribution in [0.3, 0.4) is 0 Å². The van der Waals surface area contributed by atoms with E-state index in [0.717, 1.165) is 29.7 Å². The van der Waals surface area contributed by atoms with Gasteiger partial charge in [-0.25, -0.2) is 0 Å². The lowest BCUT2D eigenvalue weighted by atomic mass is 10.1. The van der Waals surface area contributed by atoms with Crippen LogP contribution in [0.1, 0.15) is 30.2 Å². The summed E-state index contributed by atoms with van der Waals surface area (Å²) in [6, 6.07) is 23.4. The third kappa shape index (κ3) is 7.27. The molecule has 0 saturated heterocycles. The average molecular weight is 431 g/mol. The van der Waals surface area contributed by atoms with Crippen molar-refractivity contribution in [3.8, 4) is 0 Å². The normalized spacial score (nSPS) is 10.9. The number of carbonyl (C=O) groups excluding carboxylic acids is 2. The van der Waals surface area contributed by atoms with Crippen molar-refractivity contribution in [1.29, 1.82) is 0 Å². The zero-order valence-corrected chi connectivity index (χ0v) is 18.5. The molecule has 0 fully saturated rings. The fraction of sp³-hybridized carbons (Fsp3) is 0.259. The maximum Gasteiger partial charge on any atom is 0.247 e. The van der Waals surface area contributed by atoms with E-state index in [2.05, 4.69) is 12.1 Å². The van der Waals surface area contributed by atoms with E-state index in [1.54, 1.807) is 28.2 Å². The molecule has 0 aliphatic rings. The van der Waals surface area contributed by atoms with Crippen LogP contribution in [0.4, 0.5) is 0 Å². The van der Waals surface area contributed by atoms with Gasteiger partial charge in [-0.3, -0.25) is 9.59 Å². The standard InChI is InChI=1S/C27H30N2O3/c1-2-18-28(26(30)16-15-23-10-5-3-6-11-23)22-27(31)29(21-25-14-9-20-32-25)19-17-24-12-7-4-8-13-24/h3-16,20H,2,17-19,21-22H2,1H3. The second-order valence-electron chi connectivity index (χ2n) is 7.63. The Labute approximate surface area is 190 Å². The molecule has 1 heterocycles. The maximum atomic E-state index is 13.2. The minimum Gasteiger partial charge on any atom is -0.467 e. The van der Waals surface area contributed by atoms with Gasteiger partial charge >= 0.3 is 0 Å². The highest BCUT2D eigenvalue weighted by atomic mass is 16.3. The monoisotopic (exact) mass is 430 g/mol. The molecule has 0 aliphatic carbocycles.